The van der Waals surface area contributed by atoms with E-state index in [1.807, 2.05) is 0 Å². The highest BCUT2D eigenvalue weighted by Gasteiger charge is 2.51. The molecule has 1 aromatic heterocycles. The average molecular weight is 323 g/mol. The van der Waals surface area contributed by atoms with Crippen molar-refractivity contribution in [2.45, 2.75) is 36.6 Å². The Kier molecular flexibility index (Phi) is 3.90. The molecule has 1 saturated carbocycles. The van der Waals surface area contributed by atoms with E-state index in [4.69, 9.17) is 0 Å². The highest BCUT2D eigenvalue weighted by atomic mass is 19.4. The van der Waals surface area contributed by atoms with E-state index in [1.165, 1.54) is 12.3 Å². The van der Waals surface area contributed by atoms with E-state index in [-0.39, 0.29) is 12.8 Å². The molecule has 1 fully saturated rings. The summed E-state index contributed by atoms with van der Waals surface area (Å²) in [4.78, 5) is 4.09. The van der Waals surface area contributed by atoms with Crippen molar-refractivity contribution >= 4 is 0 Å². The van der Waals surface area contributed by atoms with Gasteiger partial charge in [0.2, 0.25) is 0 Å². The maximum atomic E-state index is 13.0. The molecule has 122 valence electrons. The van der Waals surface area contributed by atoms with Gasteiger partial charge in [-0.15, -0.1) is 0 Å². The number of aromatic nitrogens is 1. The Bertz CT molecular complexity index is 682. The lowest BCUT2D eigenvalue weighted by molar-refractivity contribution is -0.137. The predicted octanol–water partition coefficient (Wildman–Crippen LogP) is 3.23. The molecule has 6 heteroatoms. The summed E-state index contributed by atoms with van der Waals surface area (Å²) in [6.45, 7) is 0. The Morgan fingerprint density at radius 3 is 2.43 bits per heavy atom. The summed E-state index contributed by atoms with van der Waals surface area (Å²) in [6.07, 6.45) is -4.24. The first-order valence-corrected chi connectivity index (χ1v) is 7.28. The fraction of sp³-hybridized carbons (Fsp3) is 0.353. The molecule has 0 saturated heterocycles. The molecule has 2 aromatic rings. The second kappa shape index (κ2) is 5.62. The Hall–Kier alpha value is -1.92. The van der Waals surface area contributed by atoms with Crippen molar-refractivity contribution in [3.05, 3.63) is 65.5 Å². The molecule has 0 amide bonds. The summed E-state index contributed by atoms with van der Waals surface area (Å²) in [7, 11) is 0. The van der Waals surface area contributed by atoms with Crippen LogP contribution in [0.5, 0.6) is 0 Å². The maximum Gasteiger partial charge on any atom is 0.416 e. The van der Waals surface area contributed by atoms with Gasteiger partial charge in [-0.25, -0.2) is 0 Å². The zero-order valence-corrected chi connectivity index (χ0v) is 12.2. The molecule has 1 aliphatic rings. The normalized spacial score (nSPS) is 25.7. The highest BCUT2D eigenvalue weighted by molar-refractivity contribution is 5.37. The van der Waals surface area contributed by atoms with Crippen LogP contribution in [0, 0.1) is 0 Å². The van der Waals surface area contributed by atoms with Gasteiger partial charge in [0.25, 0.3) is 0 Å². The molecule has 0 unspecified atom stereocenters. The van der Waals surface area contributed by atoms with Gasteiger partial charge >= 0.3 is 6.18 Å². The van der Waals surface area contributed by atoms with Crippen LogP contribution >= 0.6 is 0 Å². The summed E-state index contributed by atoms with van der Waals surface area (Å²) in [6, 6.07) is 9.98. The summed E-state index contributed by atoms with van der Waals surface area (Å²) in [5.74, 6) is 0. The molecule has 0 spiro atoms. The SMILES string of the molecule is OC1CC(c2cccc(C(F)(F)F)c2)([C@H](O)c2ccccn2)C1. The Balaban J connectivity index is 2.02. The van der Waals surface area contributed by atoms with E-state index in [2.05, 4.69) is 4.98 Å². The quantitative estimate of drug-likeness (QED) is 0.912. The van der Waals surface area contributed by atoms with Crippen molar-refractivity contribution < 1.29 is 23.4 Å². The van der Waals surface area contributed by atoms with Crippen molar-refractivity contribution in [2.24, 2.45) is 0 Å². The number of hydrogen-bond acceptors (Lipinski definition) is 3. The van der Waals surface area contributed by atoms with Crippen LogP contribution in [0.4, 0.5) is 13.2 Å². The van der Waals surface area contributed by atoms with Crippen LogP contribution in [0.25, 0.3) is 0 Å². The highest BCUT2D eigenvalue weighted by Crippen LogP contribution is 2.52. The number of aliphatic hydroxyl groups is 2. The van der Waals surface area contributed by atoms with E-state index in [0.29, 0.717) is 11.3 Å². The van der Waals surface area contributed by atoms with Gasteiger partial charge < -0.3 is 10.2 Å². The Labute approximate surface area is 131 Å². The van der Waals surface area contributed by atoms with Crippen LogP contribution < -0.4 is 0 Å². The summed E-state index contributed by atoms with van der Waals surface area (Å²) < 4.78 is 38.9. The van der Waals surface area contributed by atoms with Crippen LogP contribution in [0.1, 0.15) is 35.8 Å². The number of alkyl halides is 3. The van der Waals surface area contributed by atoms with E-state index in [9.17, 15) is 23.4 Å². The van der Waals surface area contributed by atoms with Crippen molar-refractivity contribution in [3.63, 3.8) is 0 Å². The molecule has 1 atom stereocenters. The minimum Gasteiger partial charge on any atom is -0.393 e. The maximum absolute atomic E-state index is 13.0. The Morgan fingerprint density at radius 2 is 1.87 bits per heavy atom. The van der Waals surface area contributed by atoms with Gasteiger partial charge in [-0.2, -0.15) is 13.2 Å². The smallest absolute Gasteiger partial charge is 0.393 e. The molecule has 1 aliphatic carbocycles. The molecule has 2 N–H and O–H groups in total. The van der Waals surface area contributed by atoms with Crippen LogP contribution in [-0.4, -0.2) is 21.3 Å². The molecule has 0 aliphatic heterocycles. The number of hydrogen-bond donors (Lipinski definition) is 2. The largest absolute Gasteiger partial charge is 0.416 e. The summed E-state index contributed by atoms with van der Waals surface area (Å²) in [5.41, 5.74) is -0.953. The average Bonchev–Trinajstić information content (AvgIpc) is 2.51. The van der Waals surface area contributed by atoms with E-state index in [0.717, 1.165) is 12.1 Å². The van der Waals surface area contributed by atoms with Gasteiger partial charge in [-0.1, -0.05) is 24.3 Å². The van der Waals surface area contributed by atoms with Gasteiger partial charge in [-0.3, -0.25) is 4.98 Å². The first-order chi connectivity index (χ1) is 10.8. The molecular formula is C17H16F3NO2. The van der Waals surface area contributed by atoms with Crippen LogP contribution in [0.15, 0.2) is 48.7 Å². The zero-order chi connectivity index (χ0) is 16.7. The third-order valence-electron chi connectivity index (χ3n) is 4.46. The molecule has 23 heavy (non-hydrogen) atoms. The second-order valence-corrected chi connectivity index (χ2v) is 5.95. The van der Waals surface area contributed by atoms with Gasteiger partial charge in [0.15, 0.2) is 0 Å². The third kappa shape index (κ3) is 2.84. The van der Waals surface area contributed by atoms with Crippen LogP contribution in [0.3, 0.4) is 0 Å². The Morgan fingerprint density at radius 1 is 1.13 bits per heavy atom. The number of benzene rings is 1. The van der Waals surface area contributed by atoms with Crippen LogP contribution in [-0.2, 0) is 11.6 Å². The lowest BCUT2D eigenvalue weighted by Crippen LogP contribution is -2.49. The van der Waals surface area contributed by atoms with Crippen molar-refractivity contribution in [2.75, 3.05) is 0 Å². The van der Waals surface area contributed by atoms with Gasteiger partial charge in [-0.05, 0) is 36.6 Å². The van der Waals surface area contributed by atoms with Crippen molar-refractivity contribution in [3.8, 4) is 0 Å². The number of rotatable bonds is 3. The summed E-state index contributed by atoms with van der Waals surface area (Å²) >= 11 is 0. The zero-order valence-electron chi connectivity index (χ0n) is 12.2. The minimum absolute atomic E-state index is 0.200. The first kappa shape index (κ1) is 16.0. The van der Waals surface area contributed by atoms with Gasteiger partial charge in [0.05, 0.1) is 17.4 Å². The standard InChI is InChI=1S/C17H16F3NO2/c18-17(19,20)12-5-3-4-11(8-12)16(9-13(22)10-16)15(23)14-6-1-2-7-21-14/h1-8,13,15,22-23H,9-10H2/t13?,15-,16?/m1/s1. The van der Waals surface area contributed by atoms with Crippen LogP contribution in [0.2, 0.25) is 0 Å². The predicted molar refractivity (Wildman–Crippen MR) is 77.6 cm³/mol. The lowest BCUT2D eigenvalue weighted by atomic mass is 9.58. The molecule has 0 bridgehead atoms. The molecule has 0 radical (unpaired) electrons. The molecule has 1 heterocycles. The van der Waals surface area contributed by atoms with Crippen molar-refractivity contribution in [1.82, 2.24) is 4.98 Å². The van der Waals surface area contributed by atoms with E-state index in [1.54, 1.807) is 24.3 Å². The van der Waals surface area contributed by atoms with E-state index >= 15 is 0 Å². The second-order valence-electron chi connectivity index (χ2n) is 5.95. The van der Waals surface area contributed by atoms with E-state index < -0.39 is 29.4 Å². The summed E-state index contributed by atoms with van der Waals surface area (Å²) in [5, 5.41) is 20.4. The lowest BCUT2D eigenvalue weighted by Gasteiger charge is -2.49. The minimum atomic E-state index is -4.45. The van der Waals surface area contributed by atoms with Gasteiger partial charge in [0, 0.05) is 11.6 Å². The number of pyridine rings is 1. The topological polar surface area (TPSA) is 53.4 Å². The first-order valence-electron chi connectivity index (χ1n) is 7.28. The number of nitrogens with zero attached hydrogens (tertiary/aromatic N) is 1. The molecular weight excluding hydrogens is 307 g/mol. The molecule has 3 nitrogen and oxygen atoms in total. The monoisotopic (exact) mass is 323 g/mol. The number of aliphatic hydroxyl groups excluding tert-OH is 2. The number of halogens is 3. The fourth-order valence-electron chi connectivity index (χ4n) is 3.22. The van der Waals surface area contributed by atoms with Gasteiger partial charge in [0.1, 0.15) is 6.10 Å². The molecule has 1 aromatic carbocycles. The molecule has 3 rings (SSSR count). The fourth-order valence-corrected chi connectivity index (χ4v) is 3.22. The third-order valence-corrected chi connectivity index (χ3v) is 4.46. The van der Waals surface area contributed by atoms with Crippen molar-refractivity contribution in [1.29, 1.82) is 0 Å².